The Morgan fingerprint density at radius 1 is 0.957 bits per heavy atom. The summed E-state index contributed by atoms with van der Waals surface area (Å²) in [5.41, 5.74) is 1.08. The molecule has 1 aliphatic carbocycles. The molecule has 0 saturated carbocycles. The molecule has 118 valence electrons. The number of nitrogens with zero attached hydrogens (tertiary/aromatic N) is 1. The third-order valence-electron chi connectivity index (χ3n) is 4.54. The first-order valence-electron chi connectivity index (χ1n) is 8.09. The zero-order valence-electron chi connectivity index (χ0n) is 12.9. The van der Waals surface area contributed by atoms with Crippen LogP contribution in [-0.2, 0) is 15.6 Å². The predicted octanol–water partition coefficient (Wildman–Crippen LogP) is 4.12. The summed E-state index contributed by atoms with van der Waals surface area (Å²) in [7, 11) is -2.85. The Morgan fingerprint density at radius 2 is 1.65 bits per heavy atom. The number of benzene rings is 2. The van der Waals surface area contributed by atoms with Gasteiger partial charge in [-0.05, 0) is 18.4 Å². The molecule has 1 saturated heterocycles. The van der Waals surface area contributed by atoms with Crippen molar-refractivity contribution >= 4 is 12.6 Å². The molecule has 23 heavy (non-hydrogen) atoms. The minimum absolute atomic E-state index is 0.0628. The van der Waals surface area contributed by atoms with Gasteiger partial charge in [0.25, 0.3) is 0 Å². The van der Waals surface area contributed by atoms with Crippen LogP contribution in [0.5, 0.6) is 0 Å². The summed E-state index contributed by atoms with van der Waals surface area (Å²) in [6.07, 6.45) is 6.83. The fraction of sp³-hybridized carbons (Fsp3) is 0.263. The van der Waals surface area contributed by atoms with Crippen LogP contribution in [0.1, 0.15) is 18.4 Å². The maximum Gasteiger partial charge on any atom is 0.205 e. The highest BCUT2D eigenvalue weighted by Crippen LogP contribution is 2.56. The number of hydroxylamine groups is 1. The summed E-state index contributed by atoms with van der Waals surface area (Å²) in [5.74, 6) is 0. The monoisotopic (exact) mass is 325 g/mol. The SMILES string of the molecule is O=P(Cc1ccccc1)(c1ccccc1)N1O[C@@H]2C=C[C@H]1CC2. The molecule has 5 rings (SSSR count). The quantitative estimate of drug-likeness (QED) is 0.625. The van der Waals surface area contributed by atoms with E-state index in [9.17, 15) is 4.57 Å². The largest absolute Gasteiger partial charge is 0.299 e. The van der Waals surface area contributed by atoms with Gasteiger partial charge in [-0.1, -0.05) is 72.8 Å². The molecule has 3 aliphatic rings. The summed E-state index contributed by atoms with van der Waals surface area (Å²) in [5, 5.41) is 0.866. The maximum absolute atomic E-state index is 14.1. The van der Waals surface area contributed by atoms with Crippen LogP contribution < -0.4 is 5.30 Å². The zero-order chi connectivity index (χ0) is 15.7. The van der Waals surface area contributed by atoms with Crippen molar-refractivity contribution in [3.05, 3.63) is 78.4 Å². The molecule has 3 atom stereocenters. The number of fused-ring (bicyclic) bond motifs is 2. The molecular formula is C19H20NO2P. The Bertz CT molecular complexity index is 744. The highest BCUT2D eigenvalue weighted by atomic mass is 31.2. The lowest BCUT2D eigenvalue weighted by atomic mass is 10.00. The first-order valence-corrected chi connectivity index (χ1v) is 9.94. The third kappa shape index (κ3) is 2.81. The van der Waals surface area contributed by atoms with Crippen molar-refractivity contribution in [1.29, 1.82) is 0 Å². The second-order valence-corrected chi connectivity index (χ2v) is 8.79. The molecule has 2 aromatic carbocycles. The van der Waals surface area contributed by atoms with E-state index in [-0.39, 0.29) is 12.1 Å². The van der Waals surface area contributed by atoms with Gasteiger partial charge in [-0.3, -0.25) is 9.40 Å². The van der Waals surface area contributed by atoms with Crippen LogP contribution >= 0.6 is 7.29 Å². The molecule has 4 heteroatoms. The Balaban J connectivity index is 1.75. The van der Waals surface area contributed by atoms with Gasteiger partial charge in [-0.15, -0.1) is 4.83 Å². The molecule has 0 N–H and O–H groups in total. The highest BCUT2D eigenvalue weighted by Gasteiger charge is 2.43. The lowest BCUT2D eigenvalue weighted by Gasteiger charge is -2.44. The van der Waals surface area contributed by atoms with Crippen LogP contribution in [0.25, 0.3) is 0 Å². The Hall–Kier alpha value is -1.67. The van der Waals surface area contributed by atoms with E-state index in [1.807, 2.05) is 65.5 Å². The molecule has 0 radical (unpaired) electrons. The zero-order valence-corrected chi connectivity index (χ0v) is 13.8. The van der Waals surface area contributed by atoms with Gasteiger partial charge in [-0.2, -0.15) is 0 Å². The lowest BCUT2D eigenvalue weighted by Crippen LogP contribution is -2.45. The average Bonchev–Trinajstić information content (AvgIpc) is 2.64. The van der Waals surface area contributed by atoms with E-state index < -0.39 is 7.29 Å². The first-order chi connectivity index (χ1) is 11.3. The normalized spacial score (nSPS) is 26.1. The lowest BCUT2D eigenvalue weighted by molar-refractivity contribution is -0.170. The van der Waals surface area contributed by atoms with Gasteiger partial charge in [-0.25, -0.2) is 0 Å². The molecule has 2 bridgehead atoms. The van der Waals surface area contributed by atoms with Crippen LogP contribution in [0.15, 0.2) is 72.8 Å². The fourth-order valence-electron chi connectivity index (χ4n) is 3.35. The van der Waals surface area contributed by atoms with E-state index in [0.717, 1.165) is 23.7 Å². The topological polar surface area (TPSA) is 29.5 Å². The van der Waals surface area contributed by atoms with E-state index in [4.69, 9.17) is 4.84 Å². The first kappa shape index (κ1) is 14.9. The molecule has 2 aromatic rings. The summed E-state index contributed by atoms with van der Waals surface area (Å²) in [6.45, 7) is 0. The molecule has 3 nitrogen and oxygen atoms in total. The summed E-state index contributed by atoms with van der Waals surface area (Å²) in [6, 6.07) is 19.9. The van der Waals surface area contributed by atoms with E-state index in [0.29, 0.717) is 6.16 Å². The van der Waals surface area contributed by atoms with E-state index in [1.54, 1.807) is 0 Å². The van der Waals surface area contributed by atoms with Gasteiger partial charge in [0, 0.05) is 11.5 Å². The van der Waals surface area contributed by atoms with Crippen molar-refractivity contribution in [2.75, 3.05) is 0 Å². The van der Waals surface area contributed by atoms with Crippen LogP contribution in [0.4, 0.5) is 0 Å². The van der Waals surface area contributed by atoms with Crippen molar-refractivity contribution < 1.29 is 9.40 Å². The van der Waals surface area contributed by atoms with E-state index >= 15 is 0 Å². The number of rotatable bonds is 4. The van der Waals surface area contributed by atoms with Crippen molar-refractivity contribution in [1.82, 2.24) is 4.83 Å². The minimum Gasteiger partial charge on any atom is -0.299 e. The van der Waals surface area contributed by atoms with Gasteiger partial charge in [0.1, 0.15) is 0 Å². The van der Waals surface area contributed by atoms with Gasteiger partial charge in [0.15, 0.2) is 0 Å². The van der Waals surface area contributed by atoms with E-state index in [1.165, 1.54) is 0 Å². The Labute approximate surface area is 137 Å². The van der Waals surface area contributed by atoms with Crippen LogP contribution in [-0.4, -0.2) is 17.0 Å². The van der Waals surface area contributed by atoms with Gasteiger partial charge in [0.2, 0.25) is 7.29 Å². The standard InChI is InChI=1S/C19H20NO2P/c21-23(19-9-5-2-6-10-19,15-16-7-3-1-4-8-16)20-17-11-13-18(22-20)14-12-17/h1-11,13,17-18H,12,14-15H2/t17-,18+,23?/m0/s1. The van der Waals surface area contributed by atoms with Gasteiger partial charge >= 0.3 is 0 Å². The molecule has 2 aliphatic heterocycles. The molecule has 1 unspecified atom stereocenters. The smallest absolute Gasteiger partial charge is 0.205 e. The van der Waals surface area contributed by atoms with Gasteiger partial charge < -0.3 is 0 Å². The van der Waals surface area contributed by atoms with Crippen LogP contribution in [0, 0.1) is 0 Å². The number of hydrogen-bond acceptors (Lipinski definition) is 2. The molecular weight excluding hydrogens is 305 g/mol. The average molecular weight is 325 g/mol. The number of hydrogen-bond donors (Lipinski definition) is 0. The van der Waals surface area contributed by atoms with Crippen LogP contribution in [0.2, 0.25) is 0 Å². The highest BCUT2D eigenvalue weighted by molar-refractivity contribution is 7.68. The second kappa shape index (κ2) is 6.09. The fourth-order valence-corrected chi connectivity index (χ4v) is 6.19. The van der Waals surface area contributed by atoms with Crippen molar-refractivity contribution in [3.8, 4) is 0 Å². The minimum atomic E-state index is -2.85. The summed E-state index contributed by atoms with van der Waals surface area (Å²) < 4.78 is 14.1. The molecule has 0 amide bonds. The predicted molar refractivity (Wildman–Crippen MR) is 92.7 cm³/mol. The van der Waals surface area contributed by atoms with Crippen LogP contribution in [0.3, 0.4) is 0 Å². The Morgan fingerprint density at radius 3 is 2.22 bits per heavy atom. The van der Waals surface area contributed by atoms with E-state index in [2.05, 4.69) is 12.2 Å². The summed E-state index contributed by atoms with van der Waals surface area (Å²) in [4.78, 5) is 7.87. The Kier molecular flexibility index (Phi) is 3.94. The summed E-state index contributed by atoms with van der Waals surface area (Å²) >= 11 is 0. The van der Waals surface area contributed by atoms with Crippen molar-refractivity contribution in [3.63, 3.8) is 0 Å². The third-order valence-corrected chi connectivity index (χ3v) is 7.47. The molecule has 2 heterocycles. The molecule has 1 fully saturated rings. The van der Waals surface area contributed by atoms with Gasteiger partial charge in [0.05, 0.1) is 12.1 Å². The second-order valence-electron chi connectivity index (χ2n) is 6.16. The maximum atomic E-state index is 14.1. The van der Waals surface area contributed by atoms with Crippen molar-refractivity contribution in [2.45, 2.75) is 31.1 Å². The molecule has 0 spiro atoms. The van der Waals surface area contributed by atoms with Crippen molar-refractivity contribution in [2.24, 2.45) is 0 Å². The molecule has 0 aromatic heterocycles.